The molecule has 1 heterocycles. The van der Waals surface area contributed by atoms with Crippen molar-refractivity contribution in [3.8, 4) is 0 Å². The van der Waals surface area contributed by atoms with Crippen LogP contribution in [0.5, 0.6) is 0 Å². The van der Waals surface area contributed by atoms with Gasteiger partial charge in [-0.25, -0.2) is 0 Å². The minimum atomic E-state index is 0.176. The molecule has 1 aliphatic heterocycles. The second-order valence-electron chi connectivity index (χ2n) is 2.93. The summed E-state index contributed by atoms with van der Waals surface area (Å²) in [6.07, 6.45) is 2.70. The lowest BCUT2D eigenvalue weighted by molar-refractivity contribution is 0.225. The summed E-state index contributed by atoms with van der Waals surface area (Å²) in [5.41, 5.74) is 5.42. The van der Waals surface area contributed by atoms with Crippen molar-refractivity contribution in [1.82, 2.24) is 0 Å². The summed E-state index contributed by atoms with van der Waals surface area (Å²) in [5, 5.41) is 0. The van der Waals surface area contributed by atoms with Crippen molar-refractivity contribution >= 4 is 5.90 Å². The molecule has 0 aromatic rings. The Morgan fingerprint density at radius 1 is 1.60 bits per heavy atom. The monoisotopic (exact) mass is 140 g/mol. The summed E-state index contributed by atoms with van der Waals surface area (Å²) in [6.45, 7) is 1.38. The summed E-state index contributed by atoms with van der Waals surface area (Å²) in [5.74, 6) is 1.62. The highest BCUT2D eigenvalue weighted by Crippen LogP contribution is 2.32. The van der Waals surface area contributed by atoms with Crippen LogP contribution in [0.25, 0.3) is 0 Å². The molecule has 1 saturated carbocycles. The molecule has 2 N–H and O–H groups in total. The molecule has 3 nitrogen and oxygen atoms in total. The average Bonchev–Trinajstić information content (AvgIpc) is 2.70. The number of hydrogen-bond acceptors (Lipinski definition) is 3. The molecule has 0 spiro atoms. The quantitative estimate of drug-likeness (QED) is 0.593. The standard InChI is InChI=1S/C7H12N2O/c8-3-6-4-9-7(10-6)5-1-2-5/h5-6H,1-4,8H2. The molecule has 0 radical (unpaired) electrons. The number of ether oxygens (including phenoxy) is 1. The largest absolute Gasteiger partial charge is 0.474 e. The van der Waals surface area contributed by atoms with Gasteiger partial charge in [-0.3, -0.25) is 4.99 Å². The van der Waals surface area contributed by atoms with Crippen molar-refractivity contribution in [1.29, 1.82) is 0 Å². The molecule has 0 aromatic heterocycles. The van der Waals surface area contributed by atoms with Crippen LogP contribution in [0.2, 0.25) is 0 Å². The molecule has 0 bridgehead atoms. The fraction of sp³-hybridized carbons (Fsp3) is 0.857. The van der Waals surface area contributed by atoms with E-state index in [1.54, 1.807) is 0 Å². The minimum Gasteiger partial charge on any atom is -0.474 e. The van der Waals surface area contributed by atoms with E-state index in [4.69, 9.17) is 10.5 Å². The normalized spacial score (nSPS) is 31.7. The Bertz CT molecular complexity index is 163. The molecule has 2 aliphatic rings. The molecule has 1 unspecified atom stereocenters. The van der Waals surface area contributed by atoms with Gasteiger partial charge in [-0.1, -0.05) is 0 Å². The van der Waals surface area contributed by atoms with Gasteiger partial charge < -0.3 is 10.5 Å². The van der Waals surface area contributed by atoms with Crippen LogP contribution in [0.15, 0.2) is 4.99 Å². The first-order valence-corrected chi connectivity index (χ1v) is 3.81. The van der Waals surface area contributed by atoms with Crippen molar-refractivity contribution in [2.45, 2.75) is 18.9 Å². The van der Waals surface area contributed by atoms with E-state index >= 15 is 0 Å². The van der Waals surface area contributed by atoms with E-state index < -0.39 is 0 Å². The maximum absolute atomic E-state index is 5.46. The second-order valence-corrected chi connectivity index (χ2v) is 2.93. The zero-order valence-corrected chi connectivity index (χ0v) is 5.92. The Morgan fingerprint density at radius 3 is 2.90 bits per heavy atom. The van der Waals surface area contributed by atoms with Crippen LogP contribution in [0.1, 0.15) is 12.8 Å². The molecule has 1 aliphatic carbocycles. The fourth-order valence-electron chi connectivity index (χ4n) is 1.12. The van der Waals surface area contributed by atoms with Gasteiger partial charge in [0.05, 0.1) is 6.54 Å². The molecule has 1 atom stereocenters. The van der Waals surface area contributed by atoms with Gasteiger partial charge >= 0.3 is 0 Å². The van der Waals surface area contributed by atoms with Crippen LogP contribution >= 0.6 is 0 Å². The predicted octanol–water partition coefficient (Wildman–Crippen LogP) is 0.152. The molecular formula is C7H12N2O. The van der Waals surface area contributed by atoms with Gasteiger partial charge in [-0.05, 0) is 12.8 Å². The molecule has 10 heavy (non-hydrogen) atoms. The first-order chi connectivity index (χ1) is 4.90. The Morgan fingerprint density at radius 2 is 2.40 bits per heavy atom. The van der Waals surface area contributed by atoms with E-state index in [9.17, 15) is 0 Å². The van der Waals surface area contributed by atoms with Gasteiger partial charge in [0.2, 0.25) is 0 Å². The third-order valence-corrected chi connectivity index (χ3v) is 1.93. The highest BCUT2D eigenvalue weighted by atomic mass is 16.5. The van der Waals surface area contributed by atoms with Gasteiger partial charge in [0.15, 0.2) is 5.90 Å². The lowest BCUT2D eigenvalue weighted by atomic mass is 10.4. The summed E-state index contributed by atoms with van der Waals surface area (Å²) in [6, 6.07) is 0. The molecule has 0 aromatic carbocycles. The number of nitrogens with zero attached hydrogens (tertiary/aromatic N) is 1. The summed E-state index contributed by atoms with van der Waals surface area (Å²) in [4.78, 5) is 4.26. The molecule has 2 rings (SSSR count). The van der Waals surface area contributed by atoms with Crippen molar-refractivity contribution in [2.24, 2.45) is 16.6 Å². The van der Waals surface area contributed by atoms with E-state index in [0.717, 1.165) is 12.4 Å². The van der Waals surface area contributed by atoms with Crippen LogP contribution in [0.4, 0.5) is 0 Å². The van der Waals surface area contributed by atoms with E-state index in [-0.39, 0.29) is 6.10 Å². The highest BCUT2D eigenvalue weighted by molar-refractivity contribution is 5.82. The Kier molecular flexibility index (Phi) is 1.38. The molecule has 1 fully saturated rings. The zero-order valence-electron chi connectivity index (χ0n) is 5.92. The summed E-state index contributed by atoms with van der Waals surface area (Å²) in [7, 11) is 0. The fourth-order valence-corrected chi connectivity index (χ4v) is 1.12. The van der Waals surface area contributed by atoms with Crippen molar-refractivity contribution in [3.63, 3.8) is 0 Å². The second kappa shape index (κ2) is 2.23. The lowest BCUT2D eigenvalue weighted by Gasteiger charge is -2.06. The van der Waals surface area contributed by atoms with E-state index in [1.807, 2.05) is 0 Å². The van der Waals surface area contributed by atoms with Crippen LogP contribution in [0.3, 0.4) is 0 Å². The van der Waals surface area contributed by atoms with E-state index in [0.29, 0.717) is 12.5 Å². The minimum absolute atomic E-state index is 0.176. The third-order valence-electron chi connectivity index (χ3n) is 1.93. The van der Waals surface area contributed by atoms with Crippen molar-refractivity contribution < 1.29 is 4.74 Å². The number of nitrogens with two attached hydrogens (primary N) is 1. The van der Waals surface area contributed by atoms with Gasteiger partial charge in [-0.15, -0.1) is 0 Å². The van der Waals surface area contributed by atoms with Crippen molar-refractivity contribution in [3.05, 3.63) is 0 Å². The van der Waals surface area contributed by atoms with Gasteiger partial charge in [0.1, 0.15) is 6.10 Å². The summed E-state index contributed by atoms with van der Waals surface area (Å²) >= 11 is 0. The molecule has 0 amide bonds. The number of rotatable bonds is 2. The smallest absolute Gasteiger partial charge is 0.186 e. The van der Waals surface area contributed by atoms with Crippen LogP contribution in [0, 0.1) is 5.92 Å². The topological polar surface area (TPSA) is 47.6 Å². The highest BCUT2D eigenvalue weighted by Gasteiger charge is 2.33. The maximum atomic E-state index is 5.46. The number of aliphatic imine (C=N–C) groups is 1. The SMILES string of the molecule is NCC1CN=C(C2CC2)O1. The van der Waals surface area contributed by atoms with Gasteiger partial charge in [0.25, 0.3) is 0 Å². The van der Waals surface area contributed by atoms with Gasteiger partial charge in [-0.2, -0.15) is 0 Å². The Balaban J connectivity index is 1.89. The van der Waals surface area contributed by atoms with E-state index in [2.05, 4.69) is 4.99 Å². The Labute approximate surface area is 60.3 Å². The first kappa shape index (κ1) is 6.16. The predicted molar refractivity (Wildman–Crippen MR) is 39.0 cm³/mol. The number of hydrogen-bond donors (Lipinski definition) is 1. The van der Waals surface area contributed by atoms with Gasteiger partial charge in [0, 0.05) is 12.5 Å². The maximum Gasteiger partial charge on any atom is 0.186 e. The molecular weight excluding hydrogens is 128 g/mol. The summed E-state index contributed by atoms with van der Waals surface area (Å²) < 4.78 is 5.46. The van der Waals surface area contributed by atoms with Crippen molar-refractivity contribution in [2.75, 3.05) is 13.1 Å². The first-order valence-electron chi connectivity index (χ1n) is 3.81. The lowest BCUT2D eigenvalue weighted by Crippen LogP contribution is -2.23. The molecule has 3 heteroatoms. The van der Waals surface area contributed by atoms with Crippen LogP contribution < -0.4 is 5.73 Å². The Hall–Kier alpha value is -0.570. The van der Waals surface area contributed by atoms with Crippen LogP contribution in [-0.4, -0.2) is 25.1 Å². The average molecular weight is 140 g/mol. The van der Waals surface area contributed by atoms with Crippen LogP contribution in [-0.2, 0) is 4.74 Å². The molecule has 56 valence electrons. The zero-order chi connectivity index (χ0) is 6.97. The molecule has 0 saturated heterocycles. The third kappa shape index (κ3) is 1.01. The van der Waals surface area contributed by atoms with E-state index in [1.165, 1.54) is 12.8 Å².